The molecule has 2 rings (SSSR count). The minimum absolute atomic E-state index is 0.246. The summed E-state index contributed by atoms with van der Waals surface area (Å²) < 4.78 is 37.9. The van der Waals surface area contributed by atoms with Gasteiger partial charge in [0.15, 0.2) is 0 Å². The number of halogens is 4. The number of hydrogen-bond donors (Lipinski definition) is 0. The maximum absolute atomic E-state index is 12.4. The Kier molecular flexibility index (Phi) is 3.82. The Hall–Kier alpha value is -1.14. The molecule has 0 aliphatic rings. The van der Waals surface area contributed by atoms with Gasteiger partial charge in [-0.25, -0.2) is 0 Å². The molecular formula is C13H8BrF3OS. The summed E-state index contributed by atoms with van der Waals surface area (Å²) in [5.41, 5.74) is -0.513. The highest BCUT2D eigenvalue weighted by Gasteiger charge is 2.30. The van der Waals surface area contributed by atoms with Crippen LogP contribution in [-0.4, -0.2) is 5.78 Å². The molecule has 1 aromatic carbocycles. The number of rotatable bonds is 2. The summed E-state index contributed by atoms with van der Waals surface area (Å²) in [6.07, 6.45) is -4.39. The quantitative estimate of drug-likeness (QED) is 0.692. The standard InChI is InChI=1S/C13H8BrF3OS/c1-7-6-10(14)12(19-7)11(18)8-2-4-9(5-3-8)13(15,16)17/h2-6H,1H3. The normalized spacial score (nSPS) is 11.6. The minimum atomic E-state index is -4.39. The van der Waals surface area contributed by atoms with Crippen LogP contribution in [-0.2, 0) is 6.18 Å². The number of ketones is 1. The van der Waals surface area contributed by atoms with Gasteiger partial charge in [0.05, 0.1) is 10.4 Å². The fourth-order valence-corrected chi connectivity index (χ4v) is 3.36. The summed E-state index contributed by atoms with van der Waals surface area (Å²) in [6, 6.07) is 6.05. The van der Waals surface area contributed by atoms with Crippen molar-refractivity contribution in [3.63, 3.8) is 0 Å². The zero-order chi connectivity index (χ0) is 14.2. The summed E-state index contributed by atoms with van der Waals surface area (Å²) in [5, 5.41) is 0. The van der Waals surface area contributed by atoms with Gasteiger partial charge in [0, 0.05) is 14.9 Å². The lowest BCUT2D eigenvalue weighted by Crippen LogP contribution is -2.06. The van der Waals surface area contributed by atoms with Gasteiger partial charge in [0.2, 0.25) is 5.78 Å². The van der Waals surface area contributed by atoms with Crippen molar-refractivity contribution >= 4 is 33.0 Å². The molecule has 100 valence electrons. The smallest absolute Gasteiger partial charge is 0.288 e. The van der Waals surface area contributed by atoms with Crippen molar-refractivity contribution in [1.29, 1.82) is 0 Å². The average molecular weight is 349 g/mol. The molecule has 0 amide bonds. The summed E-state index contributed by atoms with van der Waals surface area (Å²) >= 11 is 4.58. The number of alkyl halides is 3. The van der Waals surface area contributed by atoms with Crippen LogP contribution in [0.15, 0.2) is 34.8 Å². The average Bonchev–Trinajstić information content (AvgIpc) is 2.66. The van der Waals surface area contributed by atoms with Crippen LogP contribution >= 0.6 is 27.3 Å². The first-order valence-corrected chi connectivity index (χ1v) is 6.88. The molecule has 0 aliphatic carbocycles. The third-order valence-electron chi connectivity index (χ3n) is 2.49. The first-order chi connectivity index (χ1) is 8.79. The third kappa shape index (κ3) is 3.06. The lowest BCUT2D eigenvalue weighted by Gasteiger charge is -2.06. The van der Waals surface area contributed by atoms with E-state index in [1.807, 2.05) is 13.0 Å². The van der Waals surface area contributed by atoms with Crippen LogP contribution in [0.25, 0.3) is 0 Å². The first-order valence-electron chi connectivity index (χ1n) is 5.27. The molecule has 6 heteroatoms. The Labute approximate surface area is 120 Å². The Morgan fingerprint density at radius 3 is 2.21 bits per heavy atom. The van der Waals surface area contributed by atoms with Crippen molar-refractivity contribution in [3.05, 3.63) is 55.7 Å². The second-order valence-corrected chi connectivity index (χ2v) is 6.05. The predicted octanol–water partition coefficient (Wildman–Crippen LogP) is 5.07. The van der Waals surface area contributed by atoms with Gasteiger partial charge in [-0.3, -0.25) is 4.79 Å². The Morgan fingerprint density at radius 2 is 1.79 bits per heavy atom. The van der Waals surface area contributed by atoms with Crippen molar-refractivity contribution in [1.82, 2.24) is 0 Å². The van der Waals surface area contributed by atoms with Crippen molar-refractivity contribution in [3.8, 4) is 0 Å². The largest absolute Gasteiger partial charge is 0.416 e. The van der Waals surface area contributed by atoms with Crippen LogP contribution in [0.1, 0.15) is 25.7 Å². The van der Waals surface area contributed by atoms with Gasteiger partial charge in [-0.1, -0.05) is 12.1 Å². The molecule has 0 atom stereocenters. The van der Waals surface area contributed by atoms with Gasteiger partial charge in [0.1, 0.15) is 0 Å². The molecule has 0 radical (unpaired) electrons. The number of thiophene rings is 1. The van der Waals surface area contributed by atoms with E-state index in [0.717, 1.165) is 17.0 Å². The highest BCUT2D eigenvalue weighted by molar-refractivity contribution is 9.10. The molecule has 2 aromatic rings. The van der Waals surface area contributed by atoms with Crippen LogP contribution in [0.2, 0.25) is 0 Å². The van der Waals surface area contributed by atoms with Crippen LogP contribution in [0, 0.1) is 6.92 Å². The van der Waals surface area contributed by atoms with Crippen molar-refractivity contribution in [2.75, 3.05) is 0 Å². The molecule has 0 fully saturated rings. The lowest BCUT2D eigenvalue weighted by atomic mass is 10.1. The number of aryl methyl sites for hydroxylation is 1. The second-order valence-electron chi connectivity index (χ2n) is 3.94. The zero-order valence-electron chi connectivity index (χ0n) is 9.72. The van der Waals surface area contributed by atoms with Gasteiger partial charge in [-0.05, 0) is 41.1 Å². The van der Waals surface area contributed by atoms with E-state index in [1.54, 1.807) is 0 Å². The Bertz CT molecular complexity index is 614. The van der Waals surface area contributed by atoms with E-state index in [2.05, 4.69) is 15.9 Å². The van der Waals surface area contributed by atoms with E-state index in [0.29, 0.717) is 9.35 Å². The fraction of sp³-hybridized carbons (Fsp3) is 0.154. The number of hydrogen-bond acceptors (Lipinski definition) is 2. The van der Waals surface area contributed by atoms with Gasteiger partial charge >= 0.3 is 6.18 Å². The second kappa shape index (κ2) is 5.09. The van der Waals surface area contributed by atoms with Crippen molar-refractivity contribution in [2.45, 2.75) is 13.1 Å². The topological polar surface area (TPSA) is 17.1 Å². The third-order valence-corrected chi connectivity index (χ3v) is 4.43. The highest BCUT2D eigenvalue weighted by atomic mass is 79.9. The molecule has 1 nitrogen and oxygen atoms in total. The molecule has 1 aromatic heterocycles. The van der Waals surface area contributed by atoms with Gasteiger partial charge < -0.3 is 0 Å². The van der Waals surface area contributed by atoms with Crippen molar-refractivity contribution in [2.24, 2.45) is 0 Å². The summed E-state index contributed by atoms with van der Waals surface area (Å²) in [5.74, 6) is -0.279. The molecular weight excluding hydrogens is 341 g/mol. The molecule has 1 heterocycles. The SMILES string of the molecule is Cc1cc(Br)c(C(=O)c2ccc(C(F)(F)F)cc2)s1. The Balaban J connectivity index is 2.33. The highest BCUT2D eigenvalue weighted by Crippen LogP contribution is 2.31. The van der Waals surface area contributed by atoms with Crippen LogP contribution in [0.4, 0.5) is 13.2 Å². The molecule has 0 bridgehead atoms. The van der Waals surface area contributed by atoms with Crippen molar-refractivity contribution < 1.29 is 18.0 Å². The summed E-state index contributed by atoms with van der Waals surface area (Å²) in [6.45, 7) is 1.86. The van der Waals surface area contributed by atoms with Gasteiger partial charge in [0.25, 0.3) is 0 Å². The minimum Gasteiger partial charge on any atom is -0.288 e. The number of carbonyl (C=O) groups excluding carboxylic acids is 1. The first kappa shape index (κ1) is 14.3. The molecule has 19 heavy (non-hydrogen) atoms. The van der Waals surface area contributed by atoms with Gasteiger partial charge in [-0.15, -0.1) is 11.3 Å². The monoisotopic (exact) mass is 348 g/mol. The maximum atomic E-state index is 12.4. The lowest BCUT2D eigenvalue weighted by molar-refractivity contribution is -0.137. The Morgan fingerprint density at radius 1 is 1.21 bits per heavy atom. The molecule has 0 unspecified atom stereocenters. The molecule has 0 aliphatic heterocycles. The zero-order valence-corrected chi connectivity index (χ0v) is 12.1. The van der Waals surface area contributed by atoms with E-state index in [4.69, 9.17) is 0 Å². The van der Waals surface area contributed by atoms with E-state index >= 15 is 0 Å². The van der Waals surface area contributed by atoms with E-state index in [9.17, 15) is 18.0 Å². The number of carbonyl (C=O) groups is 1. The van der Waals surface area contributed by atoms with Gasteiger partial charge in [-0.2, -0.15) is 13.2 Å². The van der Waals surface area contributed by atoms with Crippen LogP contribution in [0.3, 0.4) is 0 Å². The van der Waals surface area contributed by atoms with E-state index in [1.165, 1.54) is 23.5 Å². The fourth-order valence-electron chi connectivity index (χ4n) is 1.58. The predicted molar refractivity (Wildman–Crippen MR) is 71.6 cm³/mol. The molecule has 0 spiro atoms. The summed E-state index contributed by atoms with van der Waals surface area (Å²) in [4.78, 5) is 13.6. The van der Waals surface area contributed by atoms with E-state index in [-0.39, 0.29) is 11.3 Å². The summed E-state index contributed by atoms with van der Waals surface area (Å²) in [7, 11) is 0. The van der Waals surface area contributed by atoms with E-state index < -0.39 is 11.7 Å². The molecule has 0 saturated carbocycles. The molecule has 0 saturated heterocycles. The van der Waals surface area contributed by atoms with Crippen LogP contribution < -0.4 is 0 Å². The maximum Gasteiger partial charge on any atom is 0.416 e. The molecule has 0 N–H and O–H groups in total. The number of benzene rings is 1. The van der Waals surface area contributed by atoms with Crippen LogP contribution in [0.5, 0.6) is 0 Å².